The summed E-state index contributed by atoms with van der Waals surface area (Å²) in [6.07, 6.45) is 3.14. The number of rotatable bonds is 5. The number of anilines is 2. The Bertz CT molecular complexity index is 851. The zero-order chi connectivity index (χ0) is 16.9. The van der Waals surface area contributed by atoms with E-state index in [1.54, 1.807) is 24.6 Å². The van der Waals surface area contributed by atoms with Crippen molar-refractivity contribution in [3.63, 3.8) is 0 Å². The van der Waals surface area contributed by atoms with Gasteiger partial charge in [0, 0.05) is 12.5 Å². The Labute approximate surface area is 143 Å². The lowest BCUT2D eigenvalue weighted by molar-refractivity contribution is -0.114. The van der Waals surface area contributed by atoms with Gasteiger partial charge >= 0.3 is 0 Å². The molecule has 0 radical (unpaired) electrons. The van der Waals surface area contributed by atoms with Gasteiger partial charge in [-0.15, -0.1) is 0 Å². The van der Waals surface area contributed by atoms with Crippen molar-refractivity contribution < 1.29 is 9.21 Å². The van der Waals surface area contributed by atoms with Gasteiger partial charge in [-0.2, -0.15) is 5.10 Å². The van der Waals surface area contributed by atoms with Crippen LogP contribution >= 0.6 is 11.3 Å². The second kappa shape index (κ2) is 7.10. The van der Waals surface area contributed by atoms with Gasteiger partial charge in [0.2, 0.25) is 11.0 Å². The molecule has 2 aromatic heterocycles. The van der Waals surface area contributed by atoms with E-state index in [4.69, 9.17) is 4.42 Å². The first-order valence-electron chi connectivity index (χ1n) is 7.30. The van der Waals surface area contributed by atoms with Crippen LogP contribution in [0.3, 0.4) is 0 Å². The topological polar surface area (TPSA) is 79.5 Å². The van der Waals surface area contributed by atoms with Gasteiger partial charge in [0.15, 0.2) is 0 Å². The Morgan fingerprint density at radius 2 is 2.08 bits per heavy atom. The average Bonchev–Trinajstić information content (AvgIpc) is 3.18. The molecule has 0 aliphatic heterocycles. The van der Waals surface area contributed by atoms with Crippen LogP contribution < -0.4 is 10.7 Å². The molecule has 7 heteroatoms. The maximum Gasteiger partial charge on any atom is 0.221 e. The Morgan fingerprint density at radius 3 is 2.75 bits per heavy atom. The maximum atomic E-state index is 11.4. The largest absolute Gasteiger partial charge is 0.463 e. The summed E-state index contributed by atoms with van der Waals surface area (Å²) < 4.78 is 5.17. The molecule has 0 aliphatic carbocycles. The van der Waals surface area contributed by atoms with Crippen molar-refractivity contribution in [1.82, 2.24) is 4.98 Å². The van der Waals surface area contributed by atoms with E-state index in [9.17, 15) is 4.79 Å². The summed E-state index contributed by atoms with van der Waals surface area (Å²) in [7, 11) is 0. The summed E-state index contributed by atoms with van der Waals surface area (Å²) in [6.45, 7) is 3.50. The van der Waals surface area contributed by atoms with E-state index in [2.05, 4.69) is 20.8 Å². The minimum Gasteiger partial charge on any atom is -0.463 e. The number of amides is 1. The highest BCUT2D eigenvalue weighted by atomic mass is 32.1. The van der Waals surface area contributed by atoms with Gasteiger partial charge in [0.05, 0.1) is 12.5 Å². The number of nitrogens with zero attached hydrogens (tertiary/aromatic N) is 2. The third-order valence-electron chi connectivity index (χ3n) is 3.14. The molecule has 2 N–H and O–H groups in total. The number of carbonyl (C=O) groups excluding carboxylic acids is 1. The number of hydrazone groups is 1. The van der Waals surface area contributed by atoms with Crippen molar-refractivity contribution in [3.05, 3.63) is 54.0 Å². The zero-order valence-electron chi connectivity index (χ0n) is 13.2. The molecule has 0 bridgehead atoms. The number of furan rings is 1. The molecular formula is C17H16N4O2S. The van der Waals surface area contributed by atoms with E-state index in [1.807, 2.05) is 31.2 Å². The lowest BCUT2D eigenvalue weighted by Gasteiger charge is -2.02. The Morgan fingerprint density at radius 1 is 1.29 bits per heavy atom. The molecule has 1 aromatic carbocycles. The van der Waals surface area contributed by atoms with Crippen LogP contribution in [0.1, 0.15) is 18.2 Å². The minimum atomic E-state index is -0.141. The van der Waals surface area contributed by atoms with E-state index in [0.717, 1.165) is 11.1 Å². The van der Waals surface area contributed by atoms with Crippen LogP contribution in [-0.2, 0) is 4.79 Å². The number of hydrogen-bond acceptors (Lipinski definition) is 6. The van der Waals surface area contributed by atoms with Gasteiger partial charge in [0.25, 0.3) is 0 Å². The molecule has 6 nitrogen and oxygen atoms in total. The Hall–Kier alpha value is -2.93. The number of hydrogen-bond donors (Lipinski definition) is 2. The van der Waals surface area contributed by atoms with Crippen molar-refractivity contribution in [2.24, 2.45) is 5.10 Å². The first-order valence-corrected chi connectivity index (χ1v) is 8.11. The van der Waals surface area contributed by atoms with Gasteiger partial charge in [-0.3, -0.25) is 10.2 Å². The summed E-state index contributed by atoms with van der Waals surface area (Å²) >= 11 is 1.33. The van der Waals surface area contributed by atoms with Crippen molar-refractivity contribution in [3.8, 4) is 11.3 Å². The van der Waals surface area contributed by atoms with Gasteiger partial charge in [-0.05, 0) is 19.1 Å². The Kier molecular flexibility index (Phi) is 4.72. The van der Waals surface area contributed by atoms with E-state index < -0.39 is 0 Å². The smallest absolute Gasteiger partial charge is 0.221 e. The maximum absolute atomic E-state index is 11.4. The van der Waals surface area contributed by atoms with Crippen LogP contribution in [0.25, 0.3) is 11.3 Å². The normalized spacial score (nSPS) is 10.9. The third kappa shape index (κ3) is 3.88. The summed E-state index contributed by atoms with van der Waals surface area (Å²) in [5.41, 5.74) is 5.67. The predicted molar refractivity (Wildman–Crippen MR) is 96.5 cm³/mol. The minimum absolute atomic E-state index is 0.141. The second-order valence-corrected chi connectivity index (χ2v) is 6.13. The standard InChI is InChI=1S/C17H16N4O2S/c1-11-5-7-13(8-6-11)15-16(19-12(2)22)24-17(20-15)21-18-10-14-4-3-9-23-14/h3-10H,1-2H3,(H,19,22)(H,20,21)/b18-10-. The highest BCUT2D eigenvalue weighted by Gasteiger charge is 2.14. The first-order chi connectivity index (χ1) is 11.6. The van der Waals surface area contributed by atoms with E-state index >= 15 is 0 Å². The SMILES string of the molecule is CC(=O)Nc1sc(N/N=C\c2ccco2)nc1-c1ccc(C)cc1. The van der Waals surface area contributed by atoms with Crippen molar-refractivity contribution in [2.45, 2.75) is 13.8 Å². The molecule has 0 saturated heterocycles. The molecule has 0 unspecified atom stereocenters. The van der Waals surface area contributed by atoms with E-state index in [-0.39, 0.29) is 5.91 Å². The number of nitrogens with one attached hydrogen (secondary N) is 2. The fraction of sp³-hybridized carbons (Fsp3) is 0.118. The number of benzene rings is 1. The number of aromatic nitrogens is 1. The van der Waals surface area contributed by atoms with E-state index in [1.165, 1.54) is 18.3 Å². The van der Waals surface area contributed by atoms with Crippen molar-refractivity contribution >= 4 is 33.6 Å². The van der Waals surface area contributed by atoms with Crippen molar-refractivity contribution in [1.29, 1.82) is 0 Å². The van der Waals surface area contributed by atoms with Crippen LogP contribution in [0, 0.1) is 6.92 Å². The van der Waals surface area contributed by atoms with Gasteiger partial charge in [0.1, 0.15) is 16.5 Å². The van der Waals surface area contributed by atoms with Crippen LogP contribution in [0.15, 0.2) is 52.2 Å². The number of aryl methyl sites for hydroxylation is 1. The monoisotopic (exact) mass is 340 g/mol. The quantitative estimate of drug-likeness (QED) is 0.541. The van der Waals surface area contributed by atoms with Gasteiger partial charge in [-0.1, -0.05) is 41.2 Å². The fourth-order valence-corrected chi connectivity index (χ4v) is 2.92. The molecule has 3 rings (SSSR count). The molecule has 1 amide bonds. The molecule has 122 valence electrons. The molecule has 0 spiro atoms. The van der Waals surface area contributed by atoms with E-state index in [0.29, 0.717) is 21.6 Å². The molecule has 24 heavy (non-hydrogen) atoms. The van der Waals surface area contributed by atoms with Gasteiger partial charge < -0.3 is 9.73 Å². The van der Waals surface area contributed by atoms with Crippen LogP contribution in [0.4, 0.5) is 10.1 Å². The summed E-state index contributed by atoms with van der Waals surface area (Å²) in [5, 5.41) is 8.17. The lowest BCUT2D eigenvalue weighted by Crippen LogP contribution is -2.05. The summed E-state index contributed by atoms with van der Waals surface area (Å²) in [5.74, 6) is 0.498. The van der Waals surface area contributed by atoms with Crippen LogP contribution in [0.2, 0.25) is 0 Å². The third-order valence-corrected chi connectivity index (χ3v) is 4.01. The second-order valence-electron chi connectivity index (χ2n) is 5.13. The summed E-state index contributed by atoms with van der Waals surface area (Å²) in [6, 6.07) is 11.6. The molecule has 3 aromatic rings. The number of thiazole rings is 1. The molecule has 0 atom stereocenters. The average molecular weight is 340 g/mol. The Balaban J connectivity index is 1.85. The fourth-order valence-electron chi connectivity index (χ4n) is 2.04. The molecule has 2 heterocycles. The highest BCUT2D eigenvalue weighted by Crippen LogP contribution is 2.36. The van der Waals surface area contributed by atoms with Crippen LogP contribution in [0.5, 0.6) is 0 Å². The van der Waals surface area contributed by atoms with Crippen molar-refractivity contribution in [2.75, 3.05) is 10.7 Å². The molecule has 0 fully saturated rings. The number of carbonyl (C=O) groups is 1. The predicted octanol–water partition coefficient (Wildman–Crippen LogP) is 4.12. The molecule has 0 saturated carbocycles. The molecule has 0 aliphatic rings. The lowest BCUT2D eigenvalue weighted by atomic mass is 10.1. The van der Waals surface area contributed by atoms with Gasteiger partial charge in [-0.25, -0.2) is 4.98 Å². The zero-order valence-corrected chi connectivity index (χ0v) is 14.1. The first kappa shape index (κ1) is 15.9. The van der Waals surface area contributed by atoms with Crippen LogP contribution in [-0.4, -0.2) is 17.1 Å². The molecular weight excluding hydrogens is 324 g/mol. The highest BCUT2D eigenvalue weighted by molar-refractivity contribution is 7.20. The summed E-state index contributed by atoms with van der Waals surface area (Å²) in [4.78, 5) is 16.0.